The molecule has 0 saturated carbocycles. The number of carbonyl (C=O) groups is 5. The third kappa shape index (κ3) is 7.45. The lowest BCUT2D eigenvalue weighted by atomic mass is 9.95. The van der Waals surface area contributed by atoms with E-state index in [1.807, 2.05) is 109 Å². The summed E-state index contributed by atoms with van der Waals surface area (Å²) in [6.45, 7) is 2.41. The Morgan fingerprint density at radius 1 is 0.694 bits per heavy atom. The minimum absolute atomic E-state index is 0.173. The number of anilines is 1. The van der Waals surface area contributed by atoms with Crippen molar-refractivity contribution in [1.82, 2.24) is 30.0 Å². The summed E-state index contributed by atoms with van der Waals surface area (Å²) >= 11 is 1.64. The molecule has 0 unspecified atom stereocenters. The molecule has 14 heteroatoms. The number of aliphatic imine (C=N–C) groups is 1. The average Bonchev–Trinajstić information content (AvgIpc) is 4.04. The predicted molar refractivity (Wildman–Crippen MR) is 236 cm³/mol. The molecule has 0 aliphatic carbocycles. The topological polar surface area (TPSA) is 171 Å². The third-order valence-electron chi connectivity index (χ3n) is 11.0. The number of fused-ring (bicyclic) bond motifs is 6. The van der Waals surface area contributed by atoms with Gasteiger partial charge >= 0.3 is 0 Å². The molecule has 3 aromatic heterocycles. The lowest BCUT2D eigenvalue weighted by molar-refractivity contribution is -0.114. The Morgan fingerprint density at radius 3 is 1.97 bits per heavy atom. The maximum atomic E-state index is 13.3. The van der Waals surface area contributed by atoms with Crippen molar-refractivity contribution in [3.8, 4) is 11.3 Å². The van der Waals surface area contributed by atoms with Gasteiger partial charge in [0.15, 0.2) is 5.65 Å². The lowest BCUT2D eigenvalue weighted by Crippen LogP contribution is -2.32. The van der Waals surface area contributed by atoms with Gasteiger partial charge in [-0.25, -0.2) is 4.98 Å². The second kappa shape index (κ2) is 16.8. The van der Waals surface area contributed by atoms with E-state index in [4.69, 9.17) is 0 Å². The molecule has 13 nitrogen and oxygen atoms in total. The second-order valence-corrected chi connectivity index (χ2v) is 15.7. The van der Waals surface area contributed by atoms with Gasteiger partial charge in [0.2, 0.25) is 5.91 Å². The molecule has 4 aromatic carbocycles. The van der Waals surface area contributed by atoms with E-state index in [9.17, 15) is 24.0 Å². The highest BCUT2D eigenvalue weighted by Gasteiger charge is 2.41. The number of carbonyl (C=O) groups excluding carboxylic acids is 5. The van der Waals surface area contributed by atoms with Crippen LogP contribution < -0.4 is 5.32 Å². The Bertz CT molecular complexity index is 2990. The summed E-state index contributed by atoms with van der Waals surface area (Å²) in [5.74, 6) is -1.40. The summed E-state index contributed by atoms with van der Waals surface area (Å²) in [7, 11) is 0. The number of imide groups is 2. The highest BCUT2D eigenvalue weighted by atomic mass is 32.2. The monoisotopic (exact) mass is 838 g/mol. The molecular weight excluding hydrogens is 801 g/mol. The van der Waals surface area contributed by atoms with Crippen LogP contribution in [0.1, 0.15) is 76.3 Å². The molecule has 0 bridgehead atoms. The van der Waals surface area contributed by atoms with Crippen molar-refractivity contribution in [3.05, 3.63) is 172 Å². The summed E-state index contributed by atoms with van der Waals surface area (Å²) in [4.78, 5) is 81.1. The van der Waals surface area contributed by atoms with E-state index in [1.54, 1.807) is 17.8 Å². The number of pyridine rings is 2. The van der Waals surface area contributed by atoms with Gasteiger partial charge in [-0.05, 0) is 54.5 Å². The number of hydrogen-bond acceptors (Lipinski definition) is 10. The second-order valence-electron chi connectivity index (χ2n) is 14.9. The van der Waals surface area contributed by atoms with Gasteiger partial charge in [-0.15, -0.1) is 11.8 Å². The van der Waals surface area contributed by atoms with Crippen LogP contribution in [0.4, 0.5) is 5.69 Å². The first-order valence-corrected chi connectivity index (χ1v) is 21.2. The summed E-state index contributed by atoms with van der Waals surface area (Å²) < 4.78 is 0. The van der Waals surface area contributed by atoms with E-state index in [1.165, 1.54) is 29.1 Å². The number of amides is 5. The van der Waals surface area contributed by atoms with Gasteiger partial charge < -0.3 is 5.32 Å². The highest BCUT2D eigenvalue weighted by molar-refractivity contribution is 7.98. The molecule has 3 aliphatic heterocycles. The number of thioether (sulfide) groups is 1. The zero-order valence-electron chi connectivity index (χ0n) is 33.7. The van der Waals surface area contributed by atoms with Crippen LogP contribution >= 0.6 is 11.8 Å². The molecule has 0 spiro atoms. The van der Waals surface area contributed by atoms with Crippen molar-refractivity contribution in [2.24, 2.45) is 4.99 Å². The number of nitrogens with one attached hydrogen (secondary N) is 2. The predicted octanol–water partition coefficient (Wildman–Crippen LogP) is 7.42. The maximum Gasteiger partial charge on any atom is 0.263 e. The van der Waals surface area contributed by atoms with Gasteiger partial charge in [0.1, 0.15) is 0 Å². The van der Waals surface area contributed by atoms with Crippen LogP contribution in [0.15, 0.2) is 131 Å². The molecule has 0 radical (unpaired) electrons. The lowest BCUT2D eigenvalue weighted by Gasteiger charge is -2.14. The van der Waals surface area contributed by atoms with Crippen molar-refractivity contribution >= 4 is 63.7 Å². The third-order valence-corrected chi connectivity index (χ3v) is 11.7. The van der Waals surface area contributed by atoms with E-state index in [0.717, 1.165) is 27.1 Å². The highest BCUT2D eigenvalue weighted by Crippen LogP contribution is 2.36. The normalized spacial score (nSPS) is 13.8. The SMILES string of the molecule is CC(=O)Nc1cccc(C2=NCc3ncc4c(c32)C(=O)N(CCc2ccccc2)C4=O)c1.CSc1cccc(-c2[nH]nc3ncc4c(c23)C(=O)N(CCc2ccccc2)C4=O)c1. The molecular formula is C48H38N8O5S. The van der Waals surface area contributed by atoms with E-state index < -0.39 is 0 Å². The number of rotatable bonds is 10. The smallest absolute Gasteiger partial charge is 0.263 e. The number of hydrogen-bond donors (Lipinski definition) is 2. The summed E-state index contributed by atoms with van der Waals surface area (Å²) in [5, 5.41) is 10.7. The average molecular weight is 839 g/mol. The van der Waals surface area contributed by atoms with E-state index in [2.05, 4.69) is 30.5 Å². The fourth-order valence-electron chi connectivity index (χ4n) is 8.01. The number of aromatic amines is 1. The van der Waals surface area contributed by atoms with Gasteiger partial charge in [-0.3, -0.25) is 48.8 Å². The van der Waals surface area contributed by atoms with Gasteiger partial charge in [0.25, 0.3) is 23.6 Å². The number of benzene rings is 4. The minimum Gasteiger partial charge on any atom is -0.326 e. The first-order valence-electron chi connectivity index (χ1n) is 20.0. The van der Waals surface area contributed by atoms with Crippen molar-refractivity contribution in [2.45, 2.75) is 31.2 Å². The van der Waals surface area contributed by atoms with Crippen LogP contribution in [0.3, 0.4) is 0 Å². The molecule has 2 N–H and O–H groups in total. The molecule has 0 atom stereocenters. The standard InChI is InChI=1S/C25H20N4O3.C23H18N4O2S/c1-15(30)28-18-9-5-8-17(12-18)23-22-20(14-27-23)26-13-19-21(22)25(32)29(24(19)31)11-10-16-6-3-2-4-7-16;1-30-16-9-5-8-15(12-16)20-19-18-17(13-24-21(19)26-25-20)22(28)27(23(18)29)11-10-14-6-3-2-4-7-14/h2-9,12-13H,10-11,14H2,1H3,(H,28,30);2-9,12-13H,10-11H2,1H3,(H,24,25,26). The number of aromatic nitrogens is 4. The maximum absolute atomic E-state index is 13.3. The van der Waals surface area contributed by atoms with Crippen molar-refractivity contribution in [2.75, 3.05) is 24.7 Å². The minimum atomic E-state index is -0.325. The molecule has 0 saturated heterocycles. The van der Waals surface area contributed by atoms with E-state index in [-0.39, 0.29) is 29.5 Å². The first kappa shape index (κ1) is 39.9. The Kier molecular flexibility index (Phi) is 10.8. The van der Waals surface area contributed by atoms with Crippen LogP contribution in [0.5, 0.6) is 0 Å². The Labute approximate surface area is 360 Å². The quantitative estimate of drug-likeness (QED) is 0.105. The van der Waals surface area contributed by atoms with E-state index >= 15 is 0 Å². The Hall–Kier alpha value is -7.58. The first-order chi connectivity index (χ1) is 30.2. The molecule has 62 heavy (non-hydrogen) atoms. The Balaban J connectivity index is 0.000000158. The van der Waals surface area contributed by atoms with Crippen molar-refractivity contribution in [1.29, 1.82) is 0 Å². The van der Waals surface area contributed by atoms with Crippen LogP contribution in [0.2, 0.25) is 0 Å². The summed E-state index contributed by atoms with van der Waals surface area (Å²) in [6, 6.07) is 34.8. The van der Waals surface area contributed by atoms with Crippen LogP contribution in [0, 0.1) is 0 Å². The molecule has 6 heterocycles. The number of nitrogens with zero attached hydrogens (tertiary/aromatic N) is 6. The molecule has 5 amide bonds. The Morgan fingerprint density at radius 2 is 1.31 bits per heavy atom. The molecule has 306 valence electrons. The molecule has 10 rings (SSSR count). The van der Waals surface area contributed by atoms with Gasteiger partial charge in [0.05, 0.1) is 51.3 Å². The molecule has 0 fully saturated rings. The zero-order valence-corrected chi connectivity index (χ0v) is 34.5. The fraction of sp³-hybridized carbons (Fsp3) is 0.146. The van der Waals surface area contributed by atoms with Crippen LogP contribution in [0.25, 0.3) is 22.3 Å². The van der Waals surface area contributed by atoms with Crippen LogP contribution in [-0.4, -0.2) is 84.6 Å². The van der Waals surface area contributed by atoms with Gasteiger partial charge in [-0.2, -0.15) is 5.10 Å². The number of H-pyrrole nitrogens is 1. The fourth-order valence-corrected chi connectivity index (χ4v) is 8.47. The van der Waals surface area contributed by atoms with Crippen molar-refractivity contribution < 1.29 is 24.0 Å². The largest absolute Gasteiger partial charge is 0.326 e. The van der Waals surface area contributed by atoms with Gasteiger partial charge in [-0.1, -0.05) is 84.9 Å². The van der Waals surface area contributed by atoms with E-state index in [0.29, 0.717) is 94.1 Å². The van der Waals surface area contributed by atoms with Crippen molar-refractivity contribution in [3.63, 3.8) is 0 Å². The van der Waals surface area contributed by atoms with Gasteiger partial charge in [0, 0.05) is 59.7 Å². The zero-order chi connectivity index (χ0) is 42.9. The summed E-state index contributed by atoms with van der Waals surface area (Å²) in [6.07, 6.45) is 6.15. The molecule has 7 aromatic rings. The molecule has 3 aliphatic rings. The summed E-state index contributed by atoms with van der Waals surface area (Å²) in [5.41, 5.74) is 8.89. The van der Waals surface area contributed by atoms with Crippen LogP contribution in [-0.2, 0) is 24.2 Å².